The Kier molecular flexibility index (Phi) is 7.33. The SMILES string of the molecule is COCCNC(=O)[C@@H]1CC[C@@H](c2ccc(F)cc2)N(C(=O)COC)C1. The summed E-state index contributed by atoms with van der Waals surface area (Å²) in [5.74, 6) is -0.838. The van der Waals surface area contributed by atoms with Crippen molar-refractivity contribution in [3.05, 3.63) is 35.6 Å². The number of methoxy groups -OCH3 is 2. The van der Waals surface area contributed by atoms with Gasteiger partial charge in [0.25, 0.3) is 0 Å². The average Bonchev–Trinajstić information content (AvgIpc) is 2.62. The number of carbonyl (C=O) groups excluding carboxylic acids is 2. The molecule has 1 fully saturated rings. The molecular weight excluding hydrogens is 327 g/mol. The van der Waals surface area contributed by atoms with Crippen LogP contribution in [-0.4, -0.2) is 57.2 Å². The molecule has 0 aromatic heterocycles. The molecule has 2 rings (SSSR count). The standard InChI is InChI=1S/C18H25FN2O4/c1-24-10-9-20-18(23)14-5-8-16(13-3-6-15(19)7-4-13)21(11-14)17(22)12-25-2/h3-4,6-7,14,16H,5,8-12H2,1-2H3,(H,20,23)/t14-,16+/m1/s1. The third kappa shape index (κ3) is 5.24. The first-order valence-electron chi connectivity index (χ1n) is 8.37. The number of hydrogen-bond donors (Lipinski definition) is 1. The highest BCUT2D eigenvalue weighted by Crippen LogP contribution is 2.33. The Morgan fingerprint density at radius 3 is 2.56 bits per heavy atom. The van der Waals surface area contributed by atoms with Crippen molar-refractivity contribution in [2.45, 2.75) is 18.9 Å². The summed E-state index contributed by atoms with van der Waals surface area (Å²) in [4.78, 5) is 26.4. The second kappa shape index (κ2) is 9.48. The molecule has 25 heavy (non-hydrogen) atoms. The van der Waals surface area contributed by atoms with E-state index in [0.717, 1.165) is 5.56 Å². The van der Waals surface area contributed by atoms with Crippen LogP contribution in [0.1, 0.15) is 24.4 Å². The molecule has 7 heteroatoms. The van der Waals surface area contributed by atoms with Crippen molar-refractivity contribution in [3.63, 3.8) is 0 Å². The van der Waals surface area contributed by atoms with Gasteiger partial charge in [0.15, 0.2) is 0 Å². The molecule has 138 valence electrons. The predicted molar refractivity (Wildman–Crippen MR) is 90.3 cm³/mol. The van der Waals surface area contributed by atoms with Gasteiger partial charge in [-0.1, -0.05) is 12.1 Å². The van der Waals surface area contributed by atoms with E-state index >= 15 is 0 Å². The van der Waals surface area contributed by atoms with Gasteiger partial charge in [0, 0.05) is 27.3 Å². The maximum Gasteiger partial charge on any atom is 0.249 e. The van der Waals surface area contributed by atoms with Gasteiger partial charge in [-0.05, 0) is 30.5 Å². The molecule has 0 aliphatic carbocycles. The van der Waals surface area contributed by atoms with E-state index in [4.69, 9.17) is 9.47 Å². The number of carbonyl (C=O) groups is 2. The van der Waals surface area contributed by atoms with Crippen LogP contribution in [0.25, 0.3) is 0 Å². The molecule has 1 aromatic rings. The Bertz CT molecular complexity index is 579. The lowest BCUT2D eigenvalue weighted by molar-refractivity contribution is -0.142. The van der Waals surface area contributed by atoms with Crippen LogP contribution in [0.4, 0.5) is 4.39 Å². The van der Waals surface area contributed by atoms with Gasteiger partial charge in [0.05, 0.1) is 18.6 Å². The Morgan fingerprint density at radius 2 is 1.92 bits per heavy atom. The molecule has 2 atom stereocenters. The molecule has 1 aromatic carbocycles. The first-order valence-corrected chi connectivity index (χ1v) is 8.37. The van der Waals surface area contributed by atoms with Crippen LogP contribution in [0.2, 0.25) is 0 Å². The first kappa shape index (κ1) is 19.3. The Labute approximate surface area is 147 Å². The number of halogens is 1. The van der Waals surface area contributed by atoms with Gasteiger partial charge in [-0.3, -0.25) is 9.59 Å². The van der Waals surface area contributed by atoms with Crippen molar-refractivity contribution in [1.29, 1.82) is 0 Å². The molecule has 1 N–H and O–H groups in total. The molecule has 2 amide bonds. The average molecular weight is 352 g/mol. The van der Waals surface area contributed by atoms with Crippen LogP contribution < -0.4 is 5.32 Å². The summed E-state index contributed by atoms with van der Waals surface area (Å²) < 4.78 is 23.1. The summed E-state index contributed by atoms with van der Waals surface area (Å²) in [6.07, 6.45) is 1.31. The number of likely N-dealkylation sites (tertiary alicyclic amines) is 1. The van der Waals surface area contributed by atoms with Crippen molar-refractivity contribution < 1.29 is 23.5 Å². The molecule has 0 unspecified atom stereocenters. The van der Waals surface area contributed by atoms with Crippen LogP contribution in [0.5, 0.6) is 0 Å². The van der Waals surface area contributed by atoms with Gasteiger partial charge in [-0.25, -0.2) is 4.39 Å². The highest BCUT2D eigenvalue weighted by atomic mass is 19.1. The number of nitrogens with one attached hydrogen (secondary N) is 1. The minimum atomic E-state index is -0.315. The Balaban J connectivity index is 2.10. The van der Waals surface area contributed by atoms with E-state index in [9.17, 15) is 14.0 Å². The lowest BCUT2D eigenvalue weighted by atomic mass is 9.88. The Morgan fingerprint density at radius 1 is 1.20 bits per heavy atom. The smallest absolute Gasteiger partial charge is 0.249 e. The second-order valence-corrected chi connectivity index (χ2v) is 6.10. The summed E-state index contributed by atoms with van der Waals surface area (Å²) in [5.41, 5.74) is 0.865. The first-order chi connectivity index (χ1) is 12.1. The highest BCUT2D eigenvalue weighted by Gasteiger charge is 2.35. The van der Waals surface area contributed by atoms with Crippen molar-refractivity contribution in [2.75, 3.05) is 40.5 Å². The van der Waals surface area contributed by atoms with E-state index in [2.05, 4.69) is 5.32 Å². The van der Waals surface area contributed by atoms with E-state index in [1.54, 1.807) is 24.1 Å². The van der Waals surface area contributed by atoms with E-state index in [-0.39, 0.29) is 36.2 Å². The molecule has 1 aliphatic rings. The fraction of sp³-hybridized carbons (Fsp3) is 0.556. The molecule has 0 spiro atoms. The van der Waals surface area contributed by atoms with Gasteiger partial charge in [0.2, 0.25) is 11.8 Å². The summed E-state index contributed by atoms with van der Waals surface area (Å²) >= 11 is 0. The second-order valence-electron chi connectivity index (χ2n) is 6.10. The summed E-state index contributed by atoms with van der Waals surface area (Å²) in [7, 11) is 3.04. The normalized spacial score (nSPS) is 20.4. The zero-order valence-corrected chi connectivity index (χ0v) is 14.7. The zero-order chi connectivity index (χ0) is 18.2. The van der Waals surface area contributed by atoms with Crippen molar-refractivity contribution in [3.8, 4) is 0 Å². The van der Waals surface area contributed by atoms with E-state index < -0.39 is 0 Å². The summed E-state index contributed by atoms with van der Waals surface area (Å²) in [6, 6.07) is 5.97. The number of benzene rings is 1. The third-order valence-electron chi connectivity index (χ3n) is 4.40. The third-order valence-corrected chi connectivity index (χ3v) is 4.40. The van der Waals surface area contributed by atoms with Crippen LogP contribution >= 0.6 is 0 Å². The fourth-order valence-electron chi connectivity index (χ4n) is 3.12. The van der Waals surface area contributed by atoms with Gasteiger partial charge in [-0.2, -0.15) is 0 Å². The highest BCUT2D eigenvalue weighted by molar-refractivity contribution is 5.82. The zero-order valence-electron chi connectivity index (χ0n) is 14.7. The number of ether oxygens (including phenoxy) is 2. The number of piperidine rings is 1. The summed E-state index contributed by atoms with van der Waals surface area (Å²) in [6.45, 7) is 1.17. The molecule has 1 heterocycles. The summed E-state index contributed by atoms with van der Waals surface area (Å²) in [5, 5.41) is 2.82. The van der Waals surface area contributed by atoms with Crippen LogP contribution in [0, 0.1) is 11.7 Å². The van der Waals surface area contributed by atoms with Gasteiger partial charge in [-0.15, -0.1) is 0 Å². The molecule has 0 saturated carbocycles. The molecule has 0 bridgehead atoms. The van der Waals surface area contributed by atoms with Crippen molar-refractivity contribution >= 4 is 11.8 Å². The predicted octanol–water partition coefficient (Wildman–Crippen LogP) is 1.51. The topological polar surface area (TPSA) is 67.9 Å². The van der Waals surface area contributed by atoms with Crippen LogP contribution in [-0.2, 0) is 19.1 Å². The lowest BCUT2D eigenvalue weighted by Gasteiger charge is -2.39. The number of nitrogens with zero attached hydrogens (tertiary/aromatic N) is 1. The number of amides is 2. The van der Waals surface area contributed by atoms with Crippen molar-refractivity contribution in [2.24, 2.45) is 5.92 Å². The maximum absolute atomic E-state index is 13.2. The number of rotatable bonds is 7. The number of hydrogen-bond acceptors (Lipinski definition) is 4. The monoisotopic (exact) mass is 352 g/mol. The molecule has 6 nitrogen and oxygen atoms in total. The molecule has 1 aliphatic heterocycles. The van der Waals surface area contributed by atoms with Crippen LogP contribution in [0.3, 0.4) is 0 Å². The van der Waals surface area contributed by atoms with E-state index in [0.29, 0.717) is 32.5 Å². The molecular formula is C18H25FN2O4. The van der Waals surface area contributed by atoms with Crippen LogP contribution in [0.15, 0.2) is 24.3 Å². The largest absolute Gasteiger partial charge is 0.383 e. The van der Waals surface area contributed by atoms with E-state index in [1.165, 1.54) is 19.2 Å². The fourth-order valence-corrected chi connectivity index (χ4v) is 3.12. The van der Waals surface area contributed by atoms with Gasteiger partial charge in [0.1, 0.15) is 12.4 Å². The van der Waals surface area contributed by atoms with E-state index in [1.807, 2.05) is 0 Å². The minimum Gasteiger partial charge on any atom is -0.383 e. The lowest BCUT2D eigenvalue weighted by Crippen LogP contribution is -2.48. The van der Waals surface area contributed by atoms with Gasteiger partial charge < -0.3 is 19.7 Å². The molecule has 1 saturated heterocycles. The minimum absolute atomic E-state index is 0.0459. The van der Waals surface area contributed by atoms with Crippen molar-refractivity contribution in [1.82, 2.24) is 10.2 Å². The molecule has 0 radical (unpaired) electrons. The quantitative estimate of drug-likeness (QED) is 0.756. The Hall–Kier alpha value is -1.99. The van der Waals surface area contributed by atoms with Gasteiger partial charge >= 0.3 is 0 Å². The maximum atomic E-state index is 13.2.